The van der Waals surface area contributed by atoms with E-state index in [0.717, 1.165) is 49.2 Å². The molecule has 0 unspecified atom stereocenters. The molecule has 0 saturated carbocycles. The number of rotatable bonds is 3. The van der Waals surface area contributed by atoms with Gasteiger partial charge in [0, 0.05) is 19.1 Å². The summed E-state index contributed by atoms with van der Waals surface area (Å²) >= 11 is 7.51. The molecule has 0 bridgehead atoms. The van der Waals surface area contributed by atoms with Gasteiger partial charge >= 0.3 is 0 Å². The van der Waals surface area contributed by atoms with E-state index >= 15 is 0 Å². The summed E-state index contributed by atoms with van der Waals surface area (Å²) in [5, 5.41) is 4.24. The van der Waals surface area contributed by atoms with Gasteiger partial charge in [0.15, 0.2) is 0 Å². The van der Waals surface area contributed by atoms with Crippen molar-refractivity contribution in [2.24, 2.45) is 0 Å². The van der Waals surface area contributed by atoms with Crippen LogP contribution in [-0.2, 0) is 0 Å². The van der Waals surface area contributed by atoms with Crippen LogP contribution in [0.4, 0.5) is 5.69 Å². The number of anilines is 1. The molecule has 0 spiro atoms. The Morgan fingerprint density at radius 2 is 2.20 bits per heavy atom. The number of benzene rings is 1. The summed E-state index contributed by atoms with van der Waals surface area (Å²) in [5.41, 5.74) is 2.67. The third-order valence-corrected chi connectivity index (χ3v) is 4.49. The van der Waals surface area contributed by atoms with Crippen LogP contribution in [0.2, 0.25) is 5.02 Å². The molecule has 3 rings (SSSR count). The maximum absolute atomic E-state index is 6.30. The molecule has 0 radical (unpaired) electrons. The van der Waals surface area contributed by atoms with Crippen LogP contribution in [-0.4, -0.2) is 39.3 Å². The monoisotopic (exact) mass is 306 g/mol. The lowest BCUT2D eigenvalue weighted by Gasteiger charge is -2.31. The molecule has 1 N–H and O–H groups in total. The van der Waals surface area contributed by atoms with Gasteiger partial charge in [-0.05, 0) is 25.0 Å². The van der Waals surface area contributed by atoms with E-state index in [1.165, 1.54) is 11.7 Å². The number of likely N-dealkylation sites (tertiary alicyclic amines) is 1. The fraction of sp³-hybridized carbons (Fsp3) is 0.429. The highest BCUT2D eigenvalue weighted by Crippen LogP contribution is 2.31. The first-order valence-electron chi connectivity index (χ1n) is 6.61. The third-order valence-electron chi connectivity index (χ3n) is 3.63. The number of halogens is 1. The first-order chi connectivity index (χ1) is 9.78. The highest BCUT2D eigenvalue weighted by molar-refractivity contribution is 7.00. The van der Waals surface area contributed by atoms with Gasteiger partial charge in [-0.1, -0.05) is 17.5 Å². The molecule has 0 amide bonds. The average molecular weight is 307 g/mol. The van der Waals surface area contributed by atoms with Crippen molar-refractivity contribution >= 4 is 40.0 Å². The smallest absolute Gasteiger partial charge is 0.129 e. The highest BCUT2D eigenvalue weighted by Gasteiger charge is 2.20. The predicted octanol–water partition coefficient (Wildman–Crippen LogP) is 2.85. The topological polar surface area (TPSA) is 41.0 Å². The van der Waals surface area contributed by atoms with Gasteiger partial charge in [-0.25, -0.2) is 0 Å². The SMILES string of the molecule is C#CCN1CCC(Nc2c(Cl)ccc3nsnc23)CC1. The van der Waals surface area contributed by atoms with Crippen molar-refractivity contribution < 1.29 is 0 Å². The van der Waals surface area contributed by atoms with E-state index in [1.54, 1.807) is 0 Å². The molecule has 4 nitrogen and oxygen atoms in total. The molecule has 1 saturated heterocycles. The van der Waals surface area contributed by atoms with E-state index in [-0.39, 0.29) is 0 Å². The fourth-order valence-electron chi connectivity index (χ4n) is 2.53. The number of aromatic nitrogens is 2. The van der Waals surface area contributed by atoms with Crippen molar-refractivity contribution in [3.05, 3.63) is 17.2 Å². The van der Waals surface area contributed by atoms with Gasteiger partial charge in [0.05, 0.1) is 29.0 Å². The van der Waals surface area contributed by atoms with Crippen LogP contribution in [0.3, 0.4) is 0 Å². The zero-order chi connectivity index (χ0) is 13.9. The summed E-state index contributed by atoms with van der Waals surface area (Å²) in [7, 11) is 0. The predicted molar refractivity (Wildman–Crippen MR) is 84.3 cm³/mol. The Morgan fingerprint density at radius 1 is 1.40 bits per heavy atom. The van der Waals surface area contributed by atoms with Crippen molar-refractivity contribution in [1.82, 2.24) is 13.6 Å². The van der Waals surface area contributed by atoms with Crippen molar-refractivity contribution in [3.8, 4) is 12.3 Å². The van der Waals surface area contributed by atoms with Crippen LogP contribution >= 0.6 is 23.3 Å². The quantitative estimate of drug-likeness (QED) is 0.885. The molecule has 6 heteroatoms. The first kappa shape index (κ1) is 13.6. The maximum Gasteiger partial charge on any atom is 0.129 e. The lowest BCUT2D eigenvalue weighted by Crippen LogP contribution is -2.39. The summed E-state index contributed by atoms with van der Waals surface area (Å²) < 4.78 is 8.59. The Morgan fingerprint density at radius 3 is 2.95 bits per heavy atom. The molecule has 20 heavy (non-hydrogen) atoms. The minimum absolute atomic E-state index is 0.411. The Balaban J connectivity index is 1.73. The Kier molecular flexibility index (Phi) is 4.06. The molecule has 2 heterocycles. The zero-order valence-corrected chi connectivity index (χ0v) is 12.5. The van der Waals surface area contributed by atoms with Crippen LogP contribution in [0.15, 0.2) is 12.1 Å². The summed E-state index contributed by atoms with van der Waals surface area (Å²) in [6.07, 6.45) is 7.47. The third kappa shape index (κ3) is 2.73. The highest BCUT2D eigenvalue weighted by atomic mass is 35.5. The molecule has 1 aromatic heterocycles. The fourth-order valence-corrected chi connectivity index (χ4v) is 3.28. The minimum Gasteiger partial charge on any atom is -0.379 e. The van der Waals surface area contributed by atoms with Gasteiger partial charge in [0.25, 0.3) is 0 Å². The van der Waals surface area contributed by atoms with Crippen molar-refractivity contribution in [2.45, 2.75) is 18.9 Å². The normalized spacial score (nSPS) is 17.2. The number of piperidine rings is 1. The molecule has 0 aliphatic carbocycles. The zero-order valence-electron chi connectivity index (χ0n) is 11.0. The molecule has 0 atom stereocenters. The lowest BCUT2D eigenvalue weighted by molar-refractivity contribution is 0.243. The van der Waals surface area contributed by atoms with Crippen molar-refractivity contribution in [2.75, 3.05) is 25.0 Å². The van der Waals surface area contributed by atoms with E-state index in [9.17, 15) is 0 Å². The number of hydrogen-bond acceptors (Lipinski definition) is 5. The minimum atomic E-state index is 0.411. The van der Waals surface area contributed by atoms with Gasteiger partial charge in [-0.3, -0.25) is 4.90 Å². The second-order valence-electron chi connectivity index (χ2n) is 4.95. The van der Waals surface area contributed by atoms with Crippen molar-refractivity contribution in [3.63, 3.8) is 0 Å². The molecule has 1 aliphatic rings. The van der Waals surface area contributed by atoms with Crippen LogP contribution in [0.25, 0.3) is 11.0 Å². The average Bonchev–Trinajstić information content (AvgIpc) is 2.93. The molecule has 2 aromatic rings. The molecule has 1 fully saturated rings. The largest absolute Gasteiger partial charge is 0.379 e. The van der Waals surface area contributed by atoms with Crippen LogP contribution in [0.1, 0.15) is 12.8 Å². The van der Waals surface area contributed by atoms with Gasteiger partial charge in [0.1, 0.15) is 11.0 Å². The Hall–Kier alpha value is -1.35. The number of terminal acetylenes is 1. The van der Waals surface area contributed by atoms with Gasteiger partial charge in [0.2, 0.25) is 0 Å². The molecular weight excluding hydrogens is 292 g/mol. The van der Waals surface area contributed by atoms with Crippen molar-refractivity contribution in [1.29, 1.82) is 0 Å². The van der Waals surface area contributed by atoms with Crippen LogP contribution in [0.5, 0.6) is 0 Å². The summed E-state index contributed by atoms with van der Waals surface area (Å²) in [5.74, 6) is 2.70. The Bertz CT molecular complexity index is 640. The Labute approximate surface area is 127 Å². The van der Waals surface area contributed by atoms with E-state index in [1.807, 2.05) is 12.1 Å². The maximum atomic E-state index is 6.30. The second-order valence-corrected chi connectivity index (χ2v) is 5.89. The summed E-state index contributed by atoms with van der Waals surface area (Å²) in [6.45, 7) is 2.77. The second kappa shape index (κ2) is 5.96. The summed E-state index contributed by atoms with van der Waals surface area (Å²) in [6, 6.07) is 4.19. The van der Waals surface area contributed by atoms with Gasteiger partial charge in [-0.2, -0.15) is 8.75 Å². The summed E-state index contributed by atoms with van der Waals surface area (Å²) in [4.78, 5) is 2.30. The molecule has 104 valence electrons. The van der Waals surface area contributed by atoms with E-state index in [4.69, 9.17) is 18.0 Å². The number of fused-ring (bicyclic) bond motifs is 1. The molecule has 1 aromatic carbocycles. The number of hydrogen-bond donors (Lipinski definition) is 1. The van der Waals surface area contributed by atoms with E-state index < -0.39 is 0 Å². The van der Waals surface area contributed by atoms with Crippen LogP contribution in [0, 0.1) is 12.3 Å². The van der Waals surface area contributed by atoms with E-state index in [2.05, 4.69) is 24.9 Å². The van der Waals surface area contributed by atoms with E-state index in [0.29, 0.717) is 11.1 Å². The van der Waals surface area contributed by atoms with Gasteiger partial charge < -0.3 is 5.32 Å². The lowest BCUT2D eigenvalue weighted by atomic mass is 10.0. The van der Waals surface area contributed by atoms with Gasteiger partial charge in [-0.15, -0.1) is 6.42 Å². The van der Waals surface area contributed by atoms with Crippen LogP contribution < -0.4 is 5.32 Å². The number of nitrogens with zero attached hydrogens (tertiary/aromatic N) is 3. The molecule has 1 aliphatic heterocycles. The first-order valence-corrected chi connectivity index (χ1v) is 7.72. The molecular formula is C14H15ClN4S. The number of nitrogens with one attached hydrogen (secondary N) is 1. The standard InChI is InChI=1S/C14H15ClN4S/c1-2-7-19-8-5-10(6-9-19)16-13-11(15)3-4-12-14(13)18-20-17-12/h1,3-4,10,16H,5-9H2.